The molecule has 0 aliphatic carbocycles. The van der Waals surface area contributed by atoms with Gasteiger partial charge in [-0.3, -0.25) is 0 Å². The first kappa shape index (κ1) is 18.1. The van der Waals surface area contributed by atoms with Gasteiger partial charge in [0.1, 0.15) is 12.4 Å². The highest BCUT2D eigenvalue weighted by atomic mass is 32.2. The summed E-state index contributed by atoms with van der Waals surface area (Å²) in [5.41, 5.74) is 2.35. The van der Waals surface area contributed by atoms with Gasteiger partial charge >= 0.3 is 5.97 Å². The van der Waals surface area contributed by atoms with Crippen LogP contribution in [0.4, 0.5) is 4.39 Å². The Kier molecular flexibility index (Phi) is 5.36. The van der Waals surface area contributed by atoms with Crippen LogP contribution in [0.2, 0.25) is 0 Å². The van der Waals surface area contributed by atoms with Gasteiger partial charge in [-0.15, -0.1) is 0 Å². The Balaban J connectivity index is 2.24. The van der Waals surface area contributed by atoms with Gasteiger partial charge in [0.25, 0.3) is 0 Å². The first-order chi connectivity index (χ1) is 11.2. The summed E-state index contributed by atoms with van der Waals surface area (Å²) in [5.74, 6) is -1.75. The predicted molar refractivity (Wildman–Crippen MR) is 87.7 cm³/mol. The topological polar surface area (TPSA) is 72.5 Å². The van der Waals surface area contributed by atoms with E-state index in [2.05, 4.69) is 4.72 Å². The molecule has 0 atom stereocenters. The largest absolute Gasteiger partial charge is 0.457 e. The molecule has 0 saturated heterocycles. The number of aryl methyl sites for hydroxylation is 2. The molecule has 2 aromatic rings. The number of hydrogen-bond acceptors (Lipinski definition) is 4. The molecule has 0 amide bonds. The molecule has 0 radical (unpaired) electrons. The van der Waals surface area contributed by atoms with E-state index in [1.807, 2.05) is 32.0 Å². The lowest BCUT2D eigenvalue weighted by molar-refractivity contribution is 0.0466. The second-order valence-corrected chi connectivity index (χ2v) is 7.24. The molecule has 0 spiro atoms. The number of carbonyl (C=O) groups is 1. The third-order valence-corrected chi connectivity index (χ3v) is 5.01. The Morgan fingerprint density at radius 3 is 2.54 bits per heavy atom. The summed E-state index contributed by atoms with van der Waals surface area (Å²) in [6.45, 7) is 3.77. The Bertz CT molecular complexity index is 878. The van der Waals surface area contributed by atoms with Crippen LogP contribution in [-0.2, 0) is 21.4 Å². The van der Waals surface area contributed by atoms with E-state index in [0.717, 1.165) is 34.9 Å². The van der Waals surface area contributed by atoms with Crippen molar-refractivity contribution in [1.82, 2.24) is 4.72 Å². The molecule has 24 heavy (non-hydrogen) atoms. The average molecular weight is 351 g/mol. The van der Waals surface area contributed by atoms with Crippen LogP contribution in [0.1, 0.15) is 27.0 Å². The fourth-order valence-electron chi connectivity index (χ4n) is 2.12. The lowest BCUT2D eigenvalue weighted by Gasteiger charge is -2.10. The van der Waals surface area contributed by atoms with Crippen molar-refractivity contribution in [3.63, 3.8) is 0 Å². The Morgan fingerprint density at radius 2 is 1.88 bits per heavy atom. The summed E-state index contributed by atoms with van der Waals surface area (Å²) >= 11 is 0. The number of sulfonamides is 1. The molecular weight excluding hydrogens is 333 g/mol. The first-order valence-electron chi connectivity index (χ1n) is 7.21. The van der Waals surface area contributed by atoms with Crippen molar-refractivity contribution >= 4 is 16.0 Å². The zero-order valence-electron chi connectivity index (χ0n) is 13.6. The van der Waals surface area contributed by atoms with E-state index in [4.69, 9.17) is 4.74 Å². The molecule has 0 unspecified atom stereocenters. The molecule has 128 valence electrons. The fourth-order valence-corrected chi connectivity index (χ4v) is 2.88. The molecule has 0 heterocycles. The van der Waals surface area contributed by atoms with E-state index in [-0.39, 0.29) is 11.5 Å². The second-order valence-electron chi connectivity index (χ2n) is 5.36. The Hall–Kier alpha value is -2.25. The number of nitrogens with one attached hydrogen (secondary N) is 1. The van der Waals surface area contributed by atoms with Crippen LogP contribution in [-0.4, -0.2) is 21.4 Å². The zero-order chi connectivity index (χ0) is 17.9. The maximum Gasteiger partial charge on any atom is 0.341 e. The van der Waals surface area contributed by atoms with Gasteiger partial charge in [-0.2, -0.15) is 0 Å². The van der Waals surface area contributed by atoms with Crippen LogP contribution in [0.15, 0.2) is 41.3 Å². The molecule has 0 bridgehead atoms. The number of carbonyl (C=O) groups excluding carboxylic acids is 1. The zero-order valence-corrected chi connectivity index (χ0v) is 14.4. The van der Waals surface area contributed by atoms with E-state index in [9.17, 15) is 17.6 Å². The molecule has 2 aromatic carbocycles. The SMILES string of the molecule is CNS(=O)(=O)c1ccc(F)c(C(=O)OCc2cc(C)ccc2C)c1. The predicted octanol–water partition coefficient (Wildman–Crippen LogP) is 2.71. The number of rotatable bonds is 5. The van der Waals surface area contributed by atoms with Gasteiger partial charge in [0.2, 0.25) is 10.0 Å². The minimum Gasteiger partial charge on any atom is -0.457 e. The lowest BCUT2D eigenvalue weighted by atomic mass is 10.1. The van der Waals surface area contributed by atoms with Gasteiger partial charge in [0.15, 0.2) is 0 Å². The number of ether oxygens (including phenoxy) is 1. The van der Waals surface area contributed by atoms with Crippen molar-refractivity contribution in [2.24, 2.45) is 0 Å². The van der Waals surface area contributed by atoms with Crippen LogP contribution >= 0.6 is 0 Å². The standard InChI is InChI=1S/C17H18FNO4S/c1-11-4-5-12(2)13(8-11)10-23-17(20)15-9-14(6-7-16(15)18)24(21,22)19-3/h4-9,19H,10H2,1-3H3. The number of esters is 1. The van der Waals surface area contributed by atoms with Gasteiger partial charge in [0.05, 0.1) is 10.5 Å². The van der Waals surface area contributed by atoms with Gasteiger partial charge < -0.3 is 4.74 Å². The minimum atomic E-state index is -3.77. The van der Waals surface area contributed by atoms with E-state index in [1.165, 1.54) is 7.05 Å². The van der Waals surface area contributed by atoms with E-state index in [1.54, 1.807) is 0 Å². The maximum absolute atomic E-state index is 13.9. The monoisotopic (exact) mass is 351 g/mol. The second kappa shape index (κ2) is 7.11. The Morgan fingerprint density at radius 1 is 1.17 bits per heavy atom. The molecule has 0 fully saturated rings. The third-order valence-electron chi connectivity index (χ3n) is 3.60. The van der Waals surface area contributed by atoms with Crippen molar-refractivity contribution in [2.75, 3.05) is 7.05 Å². The average Bonchev–Trinajstić information content (AvgIpc) is 2.55. The maximum atomic E-state index is 13.9. The summed E-state index contributed by atoms with van der Waals surface area (Å²) in [6.07, 6.45) is 0. The summed E-state index contributed by atoms with van der Waals surface area (Å²) in [5, 5.41) is 0. The summed E-state index contributed by atoms with van der Waals surface area (Å²) in [6, 6.07) is 8.69. The van der Waals surface area contributed by atoms with E-state index < -0.39 is 27.4 Å². The molecule has 5 nitrogen and oxygen atoms in total. The van der Waals surface area contributed by atoms with E-state index >= 15 is 0 Å². The highest BCUT2D eigenvalue weighted by Crippen LogP contribution is 2.18. The van der Waals surface area contributed by atoms with Crippen molar-refractivity contribution in [3.8, 4) is 0 Å². The van der Waals surface area contributed by atoms with Gasteiger partial charge in [-0.05, 0) is 50.2 Å². The molecule has 7 heteroatoms. The van der Waals surface area contributed by atoms with Crippen LogP contribution < -0.4 is 4.72 Å². The van der Waals surface area contributed by atoms with Gasteiger partial charge in [-0.1, -0.05) is 23.8 Å². The lowest BCUT2D eigenvalue weighted by Crippen LogP contribution is -2.19. The number of benzene rings is 2. The molecule has 0 aromatic heterocycles. The van der Waals surface area contributed by atoms with E-state index in [0.29, 0.717) is 0 Å². The van der Waals surface area contributed by atoms with Gasteiger partial charge in [0, 0.05) is 0 Å². The van der Waals surface area contributed by atoms with Crippen LogP contribution in [0.5, 0.6) is 0 Å². The first-order valence-corrected chi connectivity index (χ1v) is 8.69. The van der Waals surface area contributed by atoms with Crippen LogP contribution in [0.25, 0.3) is 0 Å². The molecule has 0 saturated carbocycles. The van der Waals surface area contributed by atoms with Gasteiger partial charge in [-0.25, -0.2) is 22.3 Å². The van der Waals surface area contributed by atoms with Crippen molar-refractivity contribution < 1.29 is 22.3 Å². The third kappa shape index (κ3) is 3.98. The quantitative estimate of drug-likeness (QED) is 0.841. The molecule has 1 N–H and O–H groups in total. The summed E-state index contributed by atoms with van der Waals surface area (Å²) < 4.78 is 44.6. The van der Waals surface area contributed by atoms with Crippen molar-refractivity contribution in [2.45, 2.75) is 25.3 Å². The molecule has 0 aliphatic rings. The normalized spacial score (nSPS) is 11.3. The Labute approximate surface area is 140 Å². The van der Waals surface area contributed by atoms with Crippen molar-refractivity contribution in [1.29, 1.82) is 0 Å². The highest BCUT2D eigenvalue weighted by molar-refractivity contribution is 7.89. The molecular formula is C17H18FNO4S. The smallest absolute Gasteiger partial charge is 0.341 e. The highest BCUT2D eigenvalue weighted by Gasteiger charge is 2.19. The molecule has 0 aliphatic heterocycles. The van der Waals surface area contributed by atoms with Crippen LogP contribution in [0.3, 0.4) is 0 Å². The number of halogens is 1. The summed E-state index contributed by atoms with van der Waals surface area (Å²) in [4.78, 5) is 11.9. The summed E-state index contributed by atoms with van der Waals surface area (Å²) in [7, 11) is -2.54. The number of hydrogen-bond donors (Lipinski definition) is 1. The molecule has 2 rings (SSSR count). The van der Waals surface area contributed by atoms with Crippen LogP contribution in [0, 0.1) is 19.7 Å². The minimum absolute atomic E-state index is 0.0191. The fraction of sp³-hybridized carbons (Fsp3) is 0.235. The van der Waals surface area contributed by atoms with Crippen molar-refractivity contribution in [3.05, 3.63) is 64.5 Å².